The number of rotatable bonds is 3. The molecule has 0 aromatic heterocycles. The third-order valence-electron chi connectivity index (χ3n) is 0.931. The Morgan fingerprint density at radius 3 is 2.70 bits per heavy atom. The van der Waals surface area contributed by atoms with Crippen LogP contribution in [0, 0.1) is 0 Å². The average molecular weight is 144 g/mol. The van der Waals surface area contributed by atoms with Gasteiger partial charge in [0.1, 0.15) is 5.70 Å². The van der Waals surface area contributed by atoms with Gasteiger partial charge in [0.25, 0.3) is 0 Å². The van der Waals surface area contributed by atoms with Crippen molar-refractivity contribution < 1.29 is 9.53 Å². The average Bonchev–Trinajstić information content (AvgIpc) is 1.91. The number of likely N-dealkylation sites (N-methyl/N-ethyl adjacent to an activating group) is 1. The number of nitrogens with one attached hydrogen (secondary N) is 1. The molecule has 0 saturated heterocycles. The highest BCUT2D eigenvalue weighted by molar-refractivity contribution is 5.87. The normalized spacial score (nSPS) is 10.8. The molecule has 0 amide bonds. The fourth-order valence-corrected chi connectivity index (χ4v) is 0.462. The summed E-state index contributed by atoms with van der Waals surface area (Å²) >= 11 is 0. The van der Waals surface area contributed by atoms with Gasteiger partial charge in [0.2, 0.25) is 0 Å². The maximum atomic E-state index is 10.8. The second kappa shape index (κ2) is 4.67. The predicted molar refractivity (Wildman–Crippen MR) is 38.0 cm³/mol. The van der Waals surface area contributed by atoms with Gasteiger partial charge in [-0.25, -0.2) is 4.79 Å². The van der Waals surface area contributed by atoms with Gasteiger partial charge in [-0.2, -0.15) is 0 Å². The van der Waals surface area contributed by atoms with Crippen molar-refractivity contribution in [3.63, 3.8) is 0 Å². The number of nitrogens with two attached hydrogens (primary N) is 1. The molecule has 4 heteroatoms. The van der Waals surface area contributed by atoms with Crippen LogP contribution in [0.2, 0.25) is 0 Å². The van der Waals surface area contributed by atoms with Crippen LogP contribution in [0.5, 0.6) is 0 Å². The molecule has 0 bridgehead atoms. The van der Waals surface area contributed by atoms with Crippen molar-refractivity contribution in [2.45, 2.75) is 6.92 Å². The third-order valence-corrected chi connectivity index (χ3v) is 0.931. The smallest absolute Gasteiger partial charge is 0.355 e. The molecule has 0 aliphatic carbocycles. The van der Waals surface area contributed by atoms with Gasteiger partial charge in [-0.05, 0) is 6.92 Å². The van der Waals surface area contributed by atoms with E-state index in [-0.39, 0.29) is 5.70 Å². The van der Waals surface area contributed by atoms with Crippen molar-refractivity contribution in [3.8, 4) is 0 Å². The maximum absolute atomic E-state index is 10.8. The Hall–Kier alpha value is -1.19. The van der Waals surface area contributed by atoms with Crippen molar-refractivity contribution in [1.82, 2.24) is 5.32 Å². The van der Waals surface area contributed by atoms with E-state index >= 15 is 0 Å². The molecule has 0 aromatic carbocycles. The third kappa shape index (κ3) is 2.39. The summed E-state index contributed by atoms with van der Waals surface area (Å²) in [5, 5.41) is 2.60. The van der Waals surface area contributed by atoms with Gasteiger partial charge in [-0.15, -0.1) is 0 Å². The van der Waals surface area contributed by atoms with Crippen LogP contribution in [0.15, 0.2) is 11.9 Å². The molecular formula is C6H12N2O2. The van der Waals surface area contributed by atoms with E-state index in [1.807, 2.05) is 0 Å². The Morgan fingerprint density at radius 2 is 2.40 bits per heavy atom. The largest absolute Gasteiger partial charge is 0.461 e. The zero-order valence-electron chi connectivity index (χ0n) is 6.18. The summed E-state index contributed by atoms with van der Waals surface area (Å²) in [5.41, 5.74) is 5.37. The van der Waals surface area contributed by atoms with Gasteiger partial charge < -0.3 is 15.8 Å². The van der Waals surface area contributed by atoms with Crippen molar-refractivity contribution in [3.05, 3.63) is 11.9 Å². The fraction of sp³-hybridized carbons (Fsp3) is 0.500. The summed E-state index contributed by atoms with van der Waals surface area (Å²) < 4.78 is 4.64. The summed E-state index contributed by atoms with van der Waals surface area (Å²) in [4.78, 5) is 10.8. The van der Waals surface area contributed by atoms with Crippen LogP contribution in [0.1, 0.15) is 6.92 Å². The number of hydrogen-bond donors (Lipinski definition) is 2. The number of ether oxygens (including phenoxy) is 1. The van der Waals surface area contributed by atoms with E-state index in [0.717, 1.165) is 0 Å². The van der Waals surface area contributed by atoms with E-state index in [2.05, 4.69) is 10.1 Å². The number of hydrogen-bond acceptors (Lipinski definition) is 4. The molecule has 0 rings (SSSR count). The van der Waals surface area contributed by atoms with Crippen molar-refractivity contribution in [2.75, 3.05) is 13.7 Å². The quantitative estimate of drug-likeness (QED) is 0.416. The van der Waals surface area contributed by atoms with Crippen LogP contribution >= 0.6 is 0 Å². The molecule has 0 radical (unpaired) electrons. The number of carbonyl (C=O) groups is 1. The molecule has 10 heavy (non-hydrogen) atoms. The van der Waals surface area contributed by atoms with E-state index in [4.69, 9.17) is 5.73 Å². The van der Waals surface area contributed by atoms with Crippen LogP contribution in [0.25, 0.3) is 0 Å². The molecule has 0 heterocycles. The highest BCUT2D eigenvalue weighted by atomic mass is 16.5. The number of carbonyl (C=O) groups excluding carboxylic acids is 1. The van der Waals surface area contributed by atoms with E-state index in [1.165, 1.54) is 6.20 Å². The van der Waals surface area contributed by atoms with Gasteiger partial charge in [0.05, 0.1) is 6.61 Å². The molecule has 0 aliphatic rings. The molecule has 3 N–H and O–H groups in total. The van der Waals surface area contributed by atoms with Gasteiger partial charge in [0, 0.05) is 13.2 Å². The molecule has 58 valence electrons. The van der Waals surface area contributed by atoms with E-state index in [9.17, 15) is 4.79 Å². The first-order valence-electron chi connectivity index (χ1n) is 3.03. The Kier molecular flexibility index (Phi) is 4.11. The topological polar surface area (TPSA) is 64.3 Å². The second-order valence-corrected chi connectivity index (χ2v) is 1.55. The Balaban J connectivity index is 3.91. The monoisotopic (exact) mass is 144 g/mol. The summed E-state index contributed by atoms with van der Waals surface area (Å²) in [6.45, 7) is 2.10. The van der Waals surface area contributed by atoms with Crippen LogP contribution in [0.4, 0.5) is 0 Å². The lowest BCUT2D eigenvalue weighted by Gasteiger charge is -2.03. The summed E-state index contributed by atoms with van der Waals surface area (Å²) in [7, 11) is 1.61. The SMILES string of the molecule is CCOC(=O)/C(=C/N)NC. The van der Waals surface area contributed by atoms with Crippen molar-refractivity contribution in [2.24, 2.45) is 5.73 Å². The first-order valence-corrected chi connectivity index (χ1v) is 3.03. The van der Waals surface area contributed by atoms with E-state index < -0.39 is 5.97 Å². The van der Waals surface area contributed by atoms with Gasteiger partial charge >= 0.3 is 5.97 Å². The molecule has 0 aliphatic heterocycles. The lowest BCUT2D eigenvalue weighted by atomic mass is 10.5. The summed E-state index contributed by atoms with van der Waals surface area (Å²) in [6, 6.07) is 0. The molecule has 0 spiro atoms. The van der Waals surface area contributed by atoms with Gasteiger partial charge in [-0.1, -0.05) is 0 Å². The second-order valence-electron chi connectivity index (χ2n) is 1.55. The maximum Gasteiger partial charge on any atom is 0.355 e. The van der Waals surface area contributed by atoms with E-state index in [1.54, 1.807) is 14.0 Å². The number of esters is 1. The van der Waals surface area contributed by atoms with E-state index in [0.29, 0.717) is 6.61 Å². The molecule has 0 atom stereocenters. The van der Waals surface area contributed by atoms with Crippen LogP contribution < -0.4 is 11.1 Å². The fourth-order valence-electron chi connectivity index (χ4n) is 0.462. The molecular weight excluding hydrogens is 132 g/mol. The molecule has 0 unspecified atom stereocenters. The summed E-state index contributed by atoms with van der Waals surface area (Å²) in [5.74, 6) is -0.424. The molecule has 0 aromatic rings. The van der Waals surface area contributed by atoms with Crippen molar-refractivity contribution in [1.29, 1.82) is 0 Å². The van der Waals surface area contributed by atoms with Crippen LogP contribution in [-0.4, -0.2) is 19.6 Å². The lowest BCUT2D eigenvalue weighted by Crippen LogP contribution is -2.19. The predicted octanol–water partition coefficient (Wildman–Crippen LogP) is -0.431. The standard InChI is InChI=1S/C6H12N2O2/c1-3-10-6(9)5(4-7)8-2/h4,8H,3,7H2,1-2H3/b5-4-. The zero-order valence-corrected chi connectivity index (χ0v) is 6.18. The van der Waals surface area contributed by atoms with Crippen molar-refractivity contribution >= 4 is 5.97 Å². The van der Waals surface area contributed by atoms with Gasteiger partial charge in [0.15, 0.2) is 0 Å². The Labute approximate surface area is 60.0 Å². The highest BCUT2D eigenvalue weighted by Crippen LogP contribution is 1.88. The van der Waals surface area contributed by atoms with Crippen LogP contribution in [0.3, 0.4) is 0 Å². The lowest BCUT2D eigenvalue weighted by molar-refractivity contribution is -0.138. The first kappa shape index (κ1) is 8.81. The minimum Gasteiger partial charge on any atom is -0.461 e. The minimum atomic E-state index is -0.424. The molecule has 0 fully saturated rings. The Morgan fingerprint density at radius 1 is 1.80 bits per heavy atom. The molecule has 0 saturated carbocycles. The minimum absolute atomic E-state index is 0.279. The van der Waals surface area contributed by atoms with Crippen LogP contribution in [-0.2, 0) is 9.53 Å². The molecule has 4 nitrogen and oxygen atoms in total. The highest BCUT2D eigenvalue weighted by Gasteiger charge is 2.05. The Bertz CT molecular complexity index is 143. The summed E-state index contributed by atoms with van der Waals surface area (Å²) in [6.07, 6.45) is 1.18. The van der Waals surface area contributed by atoms with Gasteiger partial charge in [-0.3, -0.25) is 0 Å². The zero-order chi connectivity index (χ0) is 7.98. The first-order chi connectivity index (χ1) is 4.76.